The molecule has 1 N–H and O–H groups in total. The Bertz CT molecular complexity index is 322. The molecule has 0 saturated heterocycles. The maximum absolute atomic E-state index is 4.14. The molecule has 0 bridgehead atoms. The number of nitrogens with one attached hydrogen (secondary N) is 1. The molecular weight excluding hydrogens is 243 g/mol. The molecule has 2 aromatic rings. The number of nitrogens with zero attached hydrogens (tertiary/aromatic N) is 3. The van der Waals surface area contributed by atoms with E-state index in [1.54, 1.807) is 12.4 Å². The van der Waals surface area contributed by atoms with Gasteiger partial charge in [0, 0.05) is 0 Å². The SMILES string of the molecule is Ic1nc2cnncc2[nH]1. The standard InChI is InChI=1S/C5H3IN4/c6-5-9-3-1-7-8-2-4(3)10-5/h1-2H,(H,9,10). The summed E-state index contributed by atoms with van der Waals surface area (Å²) in [5, 5.41) is 7.39. The van der Waals surface area contributed by atoms with Gasteiger partial charge >= 0.3 is 0 Å². The van der Waals surface area contributed by atoms with E-state index in [-0.39, 0.29) is 0 Å². The van der Waals surface area contributed by atoms with Crippen LogP contribution in [-0.4, -0.2) is 20.2 Å². The lowest BCUT2D eigenvalue weighted by atomic mass is 10.5. The first-order valence-corrected chi connectivity index (χ1v) is 3.76. The molecule has 2 heterocycles. The minimum Gasteiger partial charge on any atom is -0.332 e. The van der Waals surface area contributed by atoms with E-state index in [4.69, 9.17) is 0 Å². The molecule has 0 radical (unpaired) electrons. The van der Waals surface area contributed by atoms with Gasteiger partial charge in [0.05, 0.1) is 17.9 Å². The van der Waals surface area contributed by atoms with Gasteiger partial charge in [-0.25, -0.2) is 4.98 Å². The van der Waals surface area contributed by atoms with E-state index in [1.807, 2.05) is 0 Å². The zero-order chi connectivity index (χ0) is 6.97. The van der Waals surface area contributed by atoms with Crippen LogP contribution in [-0.2, 0) is 0 Å². The summed E-state index contributed by atoms with van der Waals surface area (Å²) in [5.74, 6) is 0. The third-order valence-corrected chi connectivity index (χ3v) is 1.68. The third-order valence-electron chi connectivity index (χ3n) is 1.17. The minimum absolute atomic E-state index is 0.861. The molecule has 0 fully saturated rings. The van der Waals surface area contributed by atoms with Crippen molar-refractivity contribution in [2.24, 2.45) is 0 Å². The van der Waals surface area contributed by atoms with Crippen molar-refractivity contribution in [1.82, 2.24) is 20.2 Å². The fraction of sp³-hybridized carbons (Fsp3) is 0. The maximum atomic E-state index is 4.14. The number of aromatic nitrogens is 4. The number of hydrogen-bond donors (Lipinski definition) is 1. The Hall–Kier alpha value is -0.720. The van der Waals surface area contributed by atoms with Crippen molar-refractivity contribution in [3.63, 3.8) is 0 Å². The van der Waals surface area contributed by atoms with Crippen molar-refractivity contribution < 1.29 is 0 Å². The highest BCUT2D eigenvalue weighted by atomic mass is 127. The van der Waals surface area contributed by atoms with Gasteiger partial charge in [0.15, 0.2) is 3.83 Å². The fourth-order valence-electron chi connectivity index (χ4n) is 0.745. The quantitative estimate of drug-likeness (QED) is 0.704. The molecule has 0 amide bonds. The summed E-state index contributed by atoms with van der Waals surface area (Å²) in [4.78, 5) is 7.17. The smallest absolute Gasteiger partial charge is 0.169 e. The predicted molar refractivity (Wildman–Crippen MR) is 44.4 cm³/mol. The molecule has 2 aromatic heterocycles. The van der Waals surface area contributed by atoms with Gasteiger partial charge in [0.1, 0.15) is 5.52 Å². The van der Waals surface area contributed by atoms with Crippen LogP contribution in [0.1, 0.15) is 0 Å². The summed E-state index contributed by atoms with van der Waals surface area (Å²) in [6.07, 6.45) is 3.29. The molecule has 10 heavy (non-hydrogen) atoms. The molecule has 5 heteroatoms. The van der Waals surface area contributed by atoms with Gasteiger partial charge in [-0.1, -0.05) is 0 Å². The average molecular weight is 246 g/mol. The number of fused-ring (bicyclic) bond motifs is 1. The Morgan fingerprint density at radius 1 is 1.30 bits per heavy atom. The van der Waals surface area contributed by atoms with Gasteiger partial charge in [-0.15, -0.1) is 0 Å². The number of imidazole rings is 1. The molecule has 0 aliphatic heterocycles. The zero-order valence-electron chi connectivity index (χ0n) is 4.87. The second-order valence-electron chi connectivity index (χ2n) is 1.82. The van der Waals surface area contributed by atoms with E-state index in [0.717, 1.165) is 14.9 Å². The number of aromatic amines is 1. The Labute approximate surface area is 70.2 Å². The van der Waals surface area contributed by atoms with E-state index in [9.17, 15) is 0 Å². The van der Waals surface area contributed by atoms with Crippen LogP contribution in [0.5, 0.6) is 0 Å². The van der Waals surface area contributed by atoms with Gasteiger partial charge < -0.3 is 4.98 Å². The molecule has 0 aromatic carbocycles. The molecule has 0 atom stereocenters. The Kier molecular flexibility index (Phi) is 1.30. The molecule has 2 rings (SSSR count). The van der Waals surface area contributed by atoms with Crippen molar-refractivity contribution in [3.8, 4) is 0 Å². The molecule has 4 nitrogen and oxygen atoms in total. The van der Waals surface area contributed by atoms with Gasteiger partial charge in [0.2, 0.25) is 0 Å². The first-order valence-electron chi connectivity index (χ1n) is 2.68. The van der Waals surface area contributed by atoms with Crippen molar-refractivity contribution >= 4 is 33.6 Å². The average Bonchev–Trinajstić information content (AvgIpc) is 2.27. The van der Waals surface area contributed by atoms with Crippen LogP contribution in [0.15, 0.2) is 12.4 Å². The topological polar surface area (TPSA) is 54.5 Å². The summed E-state index contributed by atoms with van der Waals surface area (Å²) >= 11 is 2.11. The first-order chi connectivity index (χ1) is 4.86. The first kappa shape index (κ1) is 6.02. The second kappa shape index (κ2) is 2.15. The van der Waals surface area contributed by atoms with E-state index >= 15 is 0 Å². The second-order valence-corrected chi connectivity index (χ2v) is 2.84. The van der Waals surface area contributed by atoms with Crippen LogP contribution < -0.4 is 0 Å². The third kappa shape index (κ3) is 0.859. The van der Waals surface area contributed by atoms with Crippen LogP contribution in [0.4, 0.5) is 0 Å². The molecule has 50 valence electrons. The zero-order valence-corrected chi connectivity index (χ0v) is 7.03. The maximum Gasteiger partial charge on any atom is 0.169 e. The van der Waals surface area contributed by atoms with E-state index in [0.29, 0.717) is 0 Å². The molecule has 0 aliphatic carbocycles. The summed E-state index contributed by atoms with van der Waals surface area (Å²) in [5.41, 5.74) is 1.79. The van der Waals surface area contributed by atoms with Crippen LogP contribution in [0.2, 0.25) is 0 Å². The molecule has 0 spiro atoms. The predicted octanol–water partition coefficient (Wildman–Crippen LogP) is 0.957. The number of H-pyrrole nitrogens is 1. The highest BCUT2D eigenvalue weighted by Gasteiger charge is 1.97. The van der Waals surface area contributed by atoms with Crippen molar-refractivity contribution in [2.45, 2.75) is 0 Å². The van der Waals surface area contributed by atoms with E-state index in [1.165, 1.54) is 0 Å². The largest absolute Gasteiger partial charge is 0.332 e. The molecular formula is C5H3IN4. The van der Waals surface area contributed by atoms with Crippen molar-refractivity contribution in [3.05, 3.63) is 16.2 Å². The summed E-state index contributed by atoms with van der Waals surface area (Å²) in [7, 11) is 0. The van der Waals surface area contributed by atoms with E-state index < -0.39 is 0 Å². The van der Waals surface area contributed by atoms with Crippen molar-refractivity contribution in [2.75, 3.05) is 0 Å². The molecule has 0 saturated carbocycles. The number of halogens is 1. The summed E-state index contributed by atoms with van der Waals surface area (Å²) in [6.45, 7) is 0. The Morgan fingerprint density at radius 3 is 2.90 bits per heavy atom. The molecule has 0 aliphatic rings. The lowest BCUT2D eigenvalue weighted by molar-refractivity contribution is 1.05. The van der Waals surface area contributed by atoms with Gasteiger partial charge in [-0.05, 0) is 22.6 Å². The normalized spacial score (nSPS) is 10.5. The number of hydrogen-bond acceptors (Lipinski definition) is 3. The number of rotatable bonds is 0. The van der Waals surface area contributed by atoms with Crippen LogP contribution in [0.25, 0.3) is 11.0 Å². The fourth-order valence-corrected chi connectivity index (χ4v) is 1.30. The van der Waals surface area contributed by atoms with Crippen molar-refractivity contribution in [1.29, 1.82) is 0 Å². The minimum atomic E-state index is 0.861. The molecule has 0 unspecified atom stereocenters. The van der Waals surface area contributed by atoms with Gasteiger partial charge in [-0.3, -0.25) is 0 Å². The van der Waals surface area contributed by atoms with Gasteiger partial charge in [-0.2, -0.15) is 10.2 Å². The van der Waals surface area contributed by atoms with Crippen LogP contribution in [0, 0.1) is 3.83 Å². The summed E-state index contributed by atoms with van der Waals surface area (Å²) in [6, 6.07) is 0. The summed E-state index contributed by atoms with van der Waals surface area (Å²) < 4.78 is 0.863. The highest BCUT2D eigenvalue weighted by Crippen LogP contribution is 2.08. The van der Waals surface area contributed by atoms with Gasteiger partial charge in [0.25, 0.3) is 0 Å². The highest BCUT2D eigenvalue weighted by molar-refractivity contribution is 14.1. The Morgan fingerprint density at radius 2 is 2.10 bits per heavy atom. The van der Waals surface area contributed by atoms with Crippen LogP contribution >= 0.6 is 22.6 Å². The van der Waals surface area contributed by atoms with Crippen LogP contribution in [0.3, 0.4) is 0 Å². The monoisotopic (exact) mass is 246 g/mol. The Balaban J connectivity index is 2.88. The van der Waals surface area contributed by atoms with E-state index in [2.05, 4.69) is 42.8 Å². The lowest BCUT2D eigenvalue weighted by Crippen LogP contribution is -1.76. The lowest BCUT2D eigenvalue weighted by Gasteiger charge is -1.79.